The van der Waals surface area contributed by atoms with Crippen LogP contribution in [-0.4, -0.2) is 63.5 Å². The fourth-order valence-electron chi connectivity index (χ4n) is 5.86. The van der Waals surface area contributed by atoms with Crippen molar-refractivity contribution in [2.75, 3.05) is 47.9 Å². The number of benzene rings is 2. The topological polar surface area (TPSA) is 32.8 Å². The van der Waals surface area contributed by atoms with Crippen LogP contribution in [0.25, 0.3) is 0 Å². The lowest BCUT2D eigenvalue weighted by Crippen LogP contribution is -2.45. The summed E-state index contributed by atoms with van der Waals surface area (Å²) in [6, 6.07) is 18.8. The monoisotopic (exact) mass is 526 g/mol. The van der Waals surface area contributed by atoms with Crippen molar-refractivity contribution in [2.45, 2.75) is 69.9 Å². The van der Waals surface area contributed by atoms with Gasteiger partial charge in [0.1, 0.15) is 11.5 Å². The number of carbonyl (C=O) groups is 1. The molecule has 2 aromatic rings. The molecule has 1 aliphatic heterocycles. The number of rotatable bonds is 6. The van der Waals surface area contributed by atoms with Gasteiger partial charge in [-0.05, 0) is 96.0 Å². The molecule has 4 nitrogen and oxygen atoms in total. The zero-order valence-corrected chi connectivity index (χ0v) is 25.6. The van der Waals surface area contributed by atoms with Gasteiger partial charge < -0.3 is 14.5 Å². The molecule has 0 amide bonds. The number of hydrogen-bond acceptors (Lipinski definition) is 4. The molecule has 0 radical (unpaired) electrons. The molecule has 37 heavy (non-hydrogen) atoms. The Labute approximate surface area is 229 Å². The molecule has 1 saturated carbocycles. The van der Waals surface area contributed by atoms with Gasteiger partial charge >= 0.3 is 0 Å². The zero-order chi connectivity index (χ0) is 27.5. The summed E-state index contributed by atoms with van der Waals surface area (Å²) in [6.45, 7) is 8.90. The third kappa shape index (κ3) is 8.12. The van der Waals surface area contributed by atoms with Gasteiger partial charge in [-0.1, -0.05) is 69.2 Å². The van der Waals surface area contributed by atoms with Gasteiger partial charge in [-0.25, -0.2) is 0 Å². The summed E-state index contributed by atoms with van der Waals surface area (Å²) in [5, 5.41) is 0.205. The van der Waals surface area contributed by atoms with Crippen LogP contribution in [0, 0.1) is 5.92 Å². The van der Waals surface area contributed by atoms with Crippen LogP contribution in [-0.2, 0) is 15.4 Å². The number of likely N-dealkylation sites (tertiary alicyclic amines) is 1. The molecule has 206 valence electrons. The van der Waals surface area contributed by atoms with E-state index >= 15 is 0 Å². The van der Waals surface area contributed by atoms with Crippen molar-refractivity contribution in [1.82, 2.24) is 9.80 Å². The molecule has 0 aromatic heterocycles. The Hall–Kier alpha value is -1.74. The number of piperidine rings is 1. The third-order valence-electron chi connectivity index (χ3n) is 8.16. The number of methoxy groups -OCH3 is 1. The van der Waals surface area contributed by atoms with Crippen molar-refractivity contribution >= 4 is 15.0 Å². The minimum atomic E-state index is -0.228. The molecular formula is C32H51N2O2P. The van der Waals surface area contributed by atoms with Crippen molar-refractivity contribution in [2.24, 2.45) is 5.92 Å². The van der Waals surface area contributed by atoms with E-state index in [1.807, 2.05) is 38.1 Å². The first-order valence-electron chi connectivity index (χ1n) is 14.0. The highest BCUT2D eigenvalue weighted by Crippen LogP contribution is 2.49. The van der Waals surface area contributed by atoms with Gasteiger partial charge in [0.05, 0.1) is 12.5 Å². The van der Waals surface area contributed by atoms with Crippen LogP contribution in [0.4, 0.5) is 0 Å². The largest absolute Gasteiger partial charge is 0.497 e. The van der Waals surface area contributed by atoms with Gasteiger partial charge in [-0.2, -0.15) is 0 Å². The molecule has 4 rings (SSSR count). The Morgan fingerprint density at radius 3 is 2.19 bits per heavy atom. The number of hydrogen-bond donors (Lipinski definition) is 0. The lowest BCUT2D eigenvalue weighted by Gasteiger charge is -2.43. The van der Waals surface area contributed by atoms with Crippen molar-refractivity contribution in [3.8, 4) is 5.75 Å². The molecule has 5 heteroatoms. The molecule has 2 aliphatic rings. The van der Waals surface area contributed by atoms with Gasteiger partial charge in [0.25, 0.3) is 0 Å². The quantitative estimate of drug-likeness (QED) is 0.388. The van der Waals surface area contributed by atoms with Gasteiger partial charge in [0.15, 0.2) is 0 Å². The molecule has 2 fully saturated rings. The normalized spacial score (nSPS) is 23.2. The molecule has 1 saturated heterocycles. The summed E-state index contributed by atoms with van der Waals surface area (Å²) in [4.78, 5) is 16.6. The minimum absolute atomic E-state index is 0.205. The van der Waals surface area contributed by atoms with Gasteiger partial charge in [-0.15, -0.1) is 9.24 Å². The molecule has 3 unspecified atom stereocenters. The summed E-state index contributed by atoms with van der Waals surface area (Å²) in [5.41, 5.74) is 2.37. The van der Waals surface area contributed by atoms with E-state index in [1.54, 1.807) is 14.0 Å². The van der Waals surface area contributed by atoms with Gasteiger partial charge in [-0.3, -0.25) is 4.79 Å². The second-order valence-electron chi connectivity index (χ2n) is 10.8. The highest BCUT2D eigenvalue weighted by atomic mass is 31.0. The van der Waals surface area contributed by atoms with Crippen molar-refractivity contribution < 1.29 is 9.53 Å². The summed E-state index contributed by atoms with van der Waals surface area (Å²) in [7, 11) is 11.4. The van der Waals surface area contributed by atoms with E-state index in [-0.39, 0.29) is 10.6 Å². The standard InChI is InChI=1S/C16H26NOP.C14H19NO.C2H6/c1-17(2)12-14-7-4-5-10-16(14,19)13-8-6-9-15(11-13)18-3;1-12(16)14(8-10-15(2)11-9-14)13-6-4-3-5-7-13;1-2/h6,8-9,11,14H,4-5,7,10,12,19H2,1-3H3;3-7H,8-11H2,1-2H3;1-2H3. The minimum Gasteiger partial charge on any atom is -0.497 e. The first-order chi connectivity index (χ1) is 17.7. The number of ether oxygens (including phenoxy) is 1. The maximum absolute atomic E-state index is 12.0. The van der Waals surface area contributed by atoms with Gasteiger partial charge in [0, 0.05) is 11.7 Å². The molecular weight excluding hydrogens is 475 g/mol. The molecule has 2 aromatic carbocycles. The Balaban J connectivity index is 0.000000247. The SMILES string of the molecule is CC.CC(=O)C1(c2ccccc2)CCN(C)CC1.COc1cccc(C2(P)CCCCC2CN(C)C)c1. The first-order valence-corrected chi connectivity index (χ1v) is 14.6. The summed E-state index contributed by atoms with van der Waals surface area (Å²) < 4.78 is 5.39. The predicted octanol–water partition coefficient (Wildman–Crippen LogP) is 6.78. The van der Waals surface area contributed by atoms with E-state index < -0.39 is 0 Å². The van der Waals surface area contributed by atoms with Crippen LogP contribution < -0.4 is 4.74 Å². The van der Waals surface area contributed by atoms with Crippen molar-refractivity contribution in [3.05, 3.63) is 65.7 Å². The maximum atomic E-state index is 12.0. The predicted molar refractivity (Wildman–Crippen MR) is 162 cm³/mol. The van der Waals surface area contributed by atoms with Crippen LogP contribution in [0.15, 0.2) is 54.6 Å². The van der Waals surface area contributed by atoms with E-state index in [4.69, 9.17) is 4.74 Å². The van der Waals surface area contributed by atoms with Crippen LogP contribution in [0.3, 0.4) is 0 Å². The summed E-state index contributed by atoms with van der Waals surface area (Å²) in [6.07, 6.45) is 7.15. The summed E-state index contributed by atoms with van der Waals surface area (Å²) in [5.74, 6) is 1.98. The Kier molecular flexibility index (Phi) is 12.8. The van der Waals surface area contributed by atoms with Crippen LogP contribution in [0.2, 0.25) is 0 Å². The molecule has 1 heterocycles. The molecule has 1 aliphatic carbocycles. The van der Waals surface area contributed by atoms with Crippen LogP contribution in [0.5, 0.6) is 5.75 Å². The van der Waals surface area contributed by atoms with E-state index in [0.717, 1.165) is 38.2 Å². The fraction of sp³-hybridized carbons (Fsp3) is 0.594. The summed E-state index contributed by atoms with van der Waals surface area (Å²) >= 11 is 0. The smallest absolute Gasteiger partial charge is 0.140 e. The molecule has 0 bridgehead atoms. The molecule has 0 spiro atoms. The zero-order valence-electron chi connectivity index (χ0n) is 24.4. The average molecular weight is 527 g/mol. The number of ketones is 1. The lowest BCUT2D eigenvalue weighted by molar-refractivity contribution is -0.124. The van der Waals surface area contributed by atoms with E-state index in [9.17, 15) is 4.79 Å². The second-order valence-corrected chi connectivity index (χ2v) is 11.8. The molecule has 0 N–H and O–H groups in total. The average Bonchev–Trinajstić information content (AvgIpc) is 2.92. The van der Waals surface area contributed by atoms with Crippen LogP contribution in [0.1, 0.15) is 70.4 Å². The first kappa shape index (κ1) is 31.5. The lowest BCUT2D eigenvalue weighted by atomic mass is 9.70. The number of Topliss-reactive ketones (excluding diaryl/α,β-unsaturated/α-hetero) is 1. The fourth-order valence-corrected chi connectivity index (χ4v) is 6.51. The Morgan fingerprint density at radius 2 is 1.62 bits per heavy atom. The van der Waals surface area contributed by atoms with E-state index in [1.165, 1.54) is 36.8 Å². The number of carbonyl (C=O) groups excluding carboxylic acids is 1. The number of nitrogens with zero attached hydrogens (tertiary/aromatic N) is 2. The van der Waals surface area contributed by atoms with E-state index in [0.29, 0.717) is 11.7 Å². The van der Waals surface area contributed by atoms with Gasteiger partial charge in [0.2, 0.25) is 0 Å². The highest BCUT2D eigenvalue weighted by Gasteiger charge is 2.40. The van der Waals surface area contributed by atoms with Crippen molar-refractivity contribution in [3.63, 3.8) is 0 Å². The Morgan fingerprint density at radius 1 is 1.00 bits per heavy atom. The Bertz CT molecular complexity index is 941. The van der Waals surface area contributed by atoms with Crippen LogP contribution >= 0.6 is 9.24 Å². The maximum Gasteiger partial charge on any atom is 0.140 e. The molecule has 3 atom stereocenters. The third-order valence-corrected chi connectivity index (χ3v) is 9.25. The van der Waals surface area contributed by atoms with Crippen molar-refractivity contribution in [1.29, 1.82) is 0 Å². The highest BCUT2D eigenvalue weighted by molar-refractivity contribution is 7.18. The van der Waals surface area contributed by atoms with E-state index in [2.05, 4.69) is 70.5 Å². The second kappa shape index (κ2) is 15.0.